The molecule has 20 heavy (non-hydrogen) atoms. The van der Waals surface area contributed by atoms with Crippen molar-refractivity contribution in [3.05, 3.63) is 35.3 Å². The molecule has 0 saturated carbocycles. The van der Waals surface area contributed by atoms with Gasteiger partial charge in [0.1, 0.15) is 11.3 Å². The van der Waals surface area contributed by atoms with E-state index < -0.39 is 0 Å². The molecule has 0 atom stereocenters. The van der Waals surface area contributed by atoms with Crippen molar-refractivity contribution in [1.82, 2.24) is 14.3 Å². The van der Waals surface area contributed by atoms with Gasteiger partial charge in [0.2, 0.25) is 0 Å². The minimum absolute atomic E-state index is 0.00533. The van der Waals surface area contributed by atoms with Crippen molar-refractivity contribution < 1.29 is 9.90 Å². The molecule has 0 bridgehead atoms. The number of hydrogen-bond acceptors (Lipinski definition) is 3. The van der Waals surface area contributed by atoms with Crippen molar-refractivity contribution in [1.29, 1.82) is 0 Å². The summed E-state index contributed by atoms with van der Waals surface area (Å²) in [6, 6.07) is 3.95. The lowest BCUT2D eigenvalue weighted by atomic mass is 10.1. The summed E-state index contributed by atoms with van der Waals surface area (Å²) in [5.41, 5.74) is 3.33. The van der Waals surface area contributed by atoms with Crippen LogP contribution in [0.2, 0.25) is 0 Å². The van der Waals surface area contributed by atoms with Crippen molar-refractivity contribution in [2.45, 2.75) is 32.8 Å². The Bertz CT molecular complexity index is 654. The van der Waals surface area contributed by atoms with E-state index in [-0.39, 0.29) is 12.0 Å². The molecule has 5 nitrogen and oxygen atoms in total. The summed E-state index contributed by atoms with van der Waals surface area (Å²) in [6.45, 7) is 5.10. The highest BCUT2D eigenvalue weighted by Gasteiger charge is 2.26. The lowest BCUT2D eigenvalue weighted by Crippen LogP contribution is -2.40. The molecule has 1 saturated heterocycles. The highest BCUT2D eigenvalue weighted by atomic mass is 16.3. The minimum Gasteiger partial charge on any atom is -0.393 e. The van der Waals surface area contributed by atoms with E-state index in [2.05, 4.69) is 4.98 Å². The smallest absolute Gasteiger partial charge is 0.272 e. The lowest BCUT2D eigenvalue weighted by Gasteiger charge is -2.29. The zero-order valence-electron chi connectivity index (χ0n) is 11.8. The Morgan fingerprint density at radius 1 is 1.35 bits per heavy atom. The first-order valence-electron chi connectivity index (χ1n) is 6.99. The van der Waals surface area contributed by atoms with E-state index in [4.69, 9.17) is 0 Å². The number of carbonyl (C=O) groups is 1. The van der Waals surface area contributed by atoms with Gasteiger partial charge in [0.25, 0.3) is 5.91 Å². The molecule has 0 spiro atoms. The molecular weight excluding hydrogens is 254 g/mol. The first-order chi connectivity index (χ1) is 9.56. The third-order valence-corrected chi connectivity index (χ3v) is 3.91. The highest BCUT2D eigenvalue weighted by Crippen LogP contribution is 2.18. The van der Waals surface area contributed by atoms with Crippen LogP contribution >= 0.6 is 0 Å². The van der Waals surface area contributed by atoms with E-state index in [1.807, 2.05) is 41.5 Å². The van der Waals surface area contributed by atoms with Gasteiger partial charge in [-0.15, -0.1) is 0 Å². The van der Waals surface area contributed by atoms with Crippen molar-refractivity contribution in [2.75, 3.05) is 13.1 Å². The molecule has 3 rings (SSSR count). The molecule has 0 aromatic carbocycles. The molecule has 1 amide bonds. The van der Waals surface area contributed by atoms with Crippen molar-refractivity contribution in [3.63, 3.8) is 0 Å². The Morgan fingerprint density at radius 2 is 2.05 bits per heavy atom. The SMILES string of the molecule is Cc1ccn2c(C(=O)N3CCC(O)CC3)c(C)nc2c1. The van der Waals surface area contributed by atoms with Crippen molar-refractivity contribution >= 4 is 11.6 Å². The van der Waals surface area contributed by atoms with Gasteiger partial charge in [-0.1, -0.05) is 0 Å². The van der Waals surface area contributed by atoms with Gasteiger partial charge in [-0.25, -0.2) is 4.98 Å². The van der Waals surface area contributed by atoms with E-state index in [1.165, 1.54) is 0 Å². The number of likely N-dealkylation sites (tertiary alicyclic amines) is 1. The molecule has 1 aliphatic heterocycles. The summed E-state index contributed by atoms with van der Waals surface area (Å²) in [5.74, 6) is 0.00533. The van der Waals surface area contributed by atoms with Crippen LogP contribution in [-0.4, -0.2) is 44.5 Å². The summed E-state index contributed by atoms with van der Waals surface area (Å²) in [6.07, 6.45) is 2.93. The molecule has 2 aromatic rings. The molecule has 1 aliphatic rings. The van der Waals surface area contributed by atoms with Crippen LogP contribution in [-0.2, 0) is 0 Å². The molecule has 3 heterocycles. The van der Waals surface area contributed by atoms with Gasteiger partial charge in [0.05, 0.1) is 11.8 Å². The van der Waals surface area contributed by atoms with Gasteiger partial charge in [-0.05, 0) is 44.4 Å². The number of aryl methyl sites for hydroxylation is 2. The topological polar surface area (TPSA) is 57.8 Å². The van der Waals surface area contributed by atoms with Gasteiger partial charge >= 0.3 is 0 Å². The molecule has 0 radical (unpaired) electrons. The average Bonchev–Trinajstić information content (AvgIpc) is 2.73. The predicted molar refractivity (Wildman–Crippen MR) is 75.8 cm³/mol. The molecule has 1 fully saturated rings. The summed E-state index contributed by atoms with van der Waals surface area (Å²) in [7, 11) is 0. The molecule has 106 valence electrons. The van der Waals surface area contributed by atoms with Crippen LogP contribution in [0.15, 0.2) is 18.3 Å². The van der Waals surface area contributed by atoms with Gasteiger partial charge in [-0.3, -0.25) is 9.20 Å². The number of amides is 1. The number of aromatic nitrogens is 2. The van der Waals surface area contributed by atoms with Crippen LogP contribution in [0.4, 0.5) is 0 Å². The fourth-order valence-corrected chi connectivity index (χ4v) is 2.74. The Kier molecular flexibility index (Phi) is 3.22. The number of aliphatic hydroxyl groups is 1. The van der Waals surface area contributed by atoms with Gasteiger partial charge in [0.15, 0.2) is 0 Å². The average molecular weight is 273 g/mol. The fourth-order valence-electron chi connectivity index (χ4n) is 2.74. The Morgan fingerprint density at radius 3 is 2.75 bits per heavy atom. The number of hydrogen-bond donors (Lipinski definition) is 1. The van der Waals surface area contributed by atoms with Crippen LogP contribution in [0.1, 0.15) is 34.6 Å². The Balaban J connectivity index is 1.97. The normalized spacial score (nSPS) is 16.9. The monoisotopic (exact) mass is 273 g/mol. The maximum atomic E-state index is 12.7. The standard InChI is InChI=1S/C15H19N3O2/c1-10-3-8-18-13(9-10)16-11(2)14(18)15(20)17-6-4-12(19)5-7-17/h3,8-9,12,19H,4-7H2,1-2H3. The first kappa shape index (κ1) is 13.1. The molecule has 0 unspecified atom stereocenters. The number of pyridine rings is 1. The maximum absolute atomic E-state index is 12.7. The van der Waals surface area contributed by atoms with Crippen LogP contribution < -0.4 is 0 Å². The number of aliphatic hydroxyl groups excluding tert-OH is 1. The number of nitrogens with zero attached hydrogens (tertiary/aromatic N) is 3. The third kappa shape index (κ3) is 2.18. The second kappa shape index (κ2) is 4.90. The van der Waals surface area contributed by atoms with Crippen LogP contribution in [0, 0.1) is 13.8 Å². The van der Waals surface area contributed by atoms with E-state index in [1.54, 1.807) is 0 Å². The quantitative estimate of drug-likeness (QED) is 0.857. The number of piperidine rings is 1. The Labute approximate surface area is 117 Å². The van der Waals surface area contributed by atoms with E-state index >= 15 is 0 Å². The third-order valence-electron chi connectivity index (χ3n) is 3.91. The number of fused-ring (bicyclic) bond motifs is 1. The summed E-state index contributed by atoms with van der Waals surface area (Å²) in [5, 5.41) is 9.54. The zero-order chi connectivity index (χ0) is 14.3. The molecular formula is C15H19N3O2. The highest BCUT2D eigenvalue weighted by molar-refractivity contribution is 5.94. The largest absolute Gasteiger partial charge is 0.393 e. The van der Waals surface area contributed by atoms with Crippen LogP contribution in [0.5, 0.6) is 0 Å². The van der Waals surface area contributed by atoms with E-state index in [0.29, 0.717) is 31.6 Å². The number of carbonyl (C=O) groups excluding carboxylic acids is 1. The maximum Gasteiger partial charge on any atom is 0.272 e. The Hall–Kier alpha value is -1.88. The predicted octanol–water partition coefficient (Wildman–Crippen LogP) is 1.55. The number of rotatable bonds is 1. The first-order valence-corrected chi connectivity index (χ1v) is 6.99. The second-order valence-corrected chi connectivity index (χ2v) is 5.50. The van der Waals surface area contributed by atoms with Crippen molar-refractivity contribution in [3.8, 4) is 0 Å². The molecule has 2 aromatic heterocycles. The lowest BCUT2D eigenvalue weighted by molar-refractivity contribution is 0.0540. The van der Waals surface area contributed by atoms with E-state index in [9.17, 15) is 9.90 Å². The van der Waals surface area contributed by atoms with Crippen LogP contribution in [0.25, 0.3) is 5.65 Å². The van der Waals surface area contributed by atoms with Gasteiger partial charge in [-0.2, -0.15) is 0 Å². The minimum atomic E-state index is -0.273. The van der Waals surface area contributed by atoms with Gasteiger partial charge in [0, 0.05) is 19.3 Å². The zero-order valence-corrected chi connectivity index (χ0v) is 11.8. The molecule has 5 heteroatoms. The summed E-state index contributed by atoms with van der Waals surface area (Å²) >= 11 is 0. The van der Waals surface area contributed by atoms with Gasteiger partial charge < -0.3 is 10.0 Å². The molecule has 0 aliphatic carbocycles. The number of imidazole rings is 1. The second-order valence-electron chi connectivity index (χ2n) is 5.50. The fraction of sp³-hybridized carbons (Fsp3) is 0.467. The summed E-state index contributed by atoms with van der Waals surface area (Å²) in [4.78, 5) is 19.0. The summed E-state index contributed by atoms with van der Waals surface area (Å²) < 4.78 is 1.86. The van der Waals surface area contributed by atoms with Crippen molar-refractivity contribution in [2.24, 2.45) is 0 Å². The van der Waals surface area contributed by atoms with E-state index in [0.717, 1.165) is 16.9 Å². The molecule has 1 N–H and O–H groups in total. The van der Waals surface area contributed by atoms with Crippen LogP contribution in [0.3, 0.4) is 0 Å².